The van der Waals surface area contributed by atoms with Gasteiger partial charge in [-0.2, -0.15) is 10.4 Å². The molecule has 3 N–H and O–H groups in total. The number of nitrogens with two attached hydrogens (primary N) is 1. The second-order valence-corrected chi connectivity index (χ2v) is 0.502. The zero-order chi connectivity index (χ0) is 4.83. The van der Waals surface area contributed by atoms with Crippen LogP contribution < -0.4 is 11.2 Å². The maximum absolute atomic E-state index is 7.67. The van der Waals surface area contributed by atoms with E-state index in [-0.39, 0.29) is 0 Å². The molecule has 0 aromatic carbocycles. The average Bonchev–Trinajstić information content (AvgIpc) is 1.61. The van der Waals surface area contributed by atoms with Crippen molar-refractivity contribution in [2.24, 2.45) is 10.8 Å². The molecule has 0 rings (SSSR count). The Morgan fingerprint density at radius 1 is 2.00 bits per heavy atom. The third-order valence-corrected chi connectivity index (χ3v) is 0.189. The molecule has 32 valence electrons. The van der Waals surface area contributed by atoms with Crippen LogP contribution in [0.15, 0.2) is 5.10 Å². The fourth-order valence-corrected chi connectivity index (χ4v) is 0.0661. The third kappa shape index (κ3) is 2.76. The summed E-state index contributed by atoms with van der Waals surface area (Å²) in [5.41, 5.74) is 6.66. The summed E-state index contributed by atoms with van der Waals surface area (Å²) in [7, 11) is 0. The molecule has 0 saturated carbocycles. The van der Waals surface area contributed by atoms with Crippen molar-refractivity contribution in [3.63, 3.8) is 0 Å². The molecule has 0 unspecified atom stereocenters. The average molecular weight is 84.1 g/mol. The fourth-order valence-electron chi connectivity index (χ4n) is 0.0661. The van der Waals surface area contributed by atoms with E-state index < -0.39 is 0 Å². The first kappa shape index (κ1) is 4.76. The highest BCUT2D eigenvalue weighted by molar-refractivity contribution is 5.50. The molecular weight excluding hydrogens is 80.0 g/mol. The minimum absolute atomic E-state index is 1.00. The molecule has 0 aliphatic rings. The Labute approximate surface area is 35.3 Å². The first-order valence-electron chi connectivity index (χ1n) is 1.29. The zero-order valence-corrected chi connectivity index (χ0v) is 3.05. The number of nitrogens with one attached hydrogen (secondary N) is 1. The Kier molecular flexibility index (Phi) is 2.98. The lowest BCUT2D eigenvalue weighted by atomic mass is 11.3. The van der Waals surface area contributed by atoms with Crippen molar-refractivity contribution < 1.29 is 0 Å². The van der Waals surface area contributed by atoms with Gasteiger partial charge in [0.1, 0.15) is 6.34 Å². The van der Waals surface area contributed by atoms with Gasteiger partial charge in [-0.05, 0) is 0 Å². The van der Waals surface area contributed by atoms with Crippen LogP contribution in [0.4, 0.5) is 0 Å². The van der Waals surface area contributed by atoms with Crippen molar-refractivity contribution in [2.45, 2.75) is 0 Å². The Bertz CT molecular complexity index is 78.0. The van der Waals surface area contributed by atoms with E-state index in [0.717, 1.165) is 6.34 Å². The van der Waals surface area contributed by atoms with Crippen LogP contribution in [0.1, 0.15) is 0 Å². The maximum Gasteiger partial charge on any atom is 0.198 e. The molecule has 0 bridgehead atoms. The van der Waals surface area contributed by atoms with Crippen LogP contribution in [0, 0.1) is 11.5 Å². The highest BCUT2D eigenvalue weighted by Gasteiger charge is 1.54. The minimum Gasteiger partial charge on any atom is -0.388 e. The molecule has 4 nitrogen and oxygen atoms in total. The summed E-state index contributed by atoms with van der Waals surface area (Å²) in [5, 5.41) is 10.8. The van der Waals surface area contributed by atoms with Gasteiger partial charge in [-0.25, -0.2) is 5.43 Å². The van der Waals surface area contributed by atoms with Crippen LogP contribution >= 0.6 is 0 Å². The third-order valence-electron chi connectivity index (χ3n) is 0.189. The Morgan fingerprint density at radius 3 is 2.83 bits per heavy atom. The van der Waals surface area contributed by atoms with Gasteiger partial charge in [0, 0.05) is 0 Å². The van der Waals surface area contributed by atoms with Gasteiger partial charge in [-0.15, -0.1) is 0 Å². The summed E-state index contributed by atoms with van der Waals surface area (Å²) in [6.07, 6.45) is 2.54. The summed E-state index contributed by atoms with van der Waals surface area (Å²) in [6, 6.07) is 0. The Balaban J connectivity index is 2.92. The van der Waals surface area contributed by atoms with Gasteiger partial charge < -0.3 is 5.73 Å². The van der Waals surface area contributed by atoms with Crippen molar-refractivity contribution >= 4 is 6.34 Å². The van der Waals surface area contributed by atoms with Crippen molar-refractivity contribution in [2.75, 3.05) is 0 Å². The standard InChI is InChI=1S/C2H4N4/c3-1-5-6-2-4/h1,6H,(H2,3,5). The first-order chi connectivity index (χ1) is 2.91. The molecule has 0 spiro atoms. The number of hydrogen-bond donors (Lipinski definition) is 2. The Hall–Kier alpha value is -1.24. The maximum atomic E-state index is 7.67. The number of hydrazone groups is 1. The fraction of sp³-hybridized carbons (Fsp3) is 0. The van der Waals surface area contributed by atoms with Crippen molar-refractivity contribution in [3.05, 3.63) is 0 Å². The van der Waals surface area contributed by atoms with Gasteiger partial charge in [0.25, 0.3) is 0 Å². The first-order valence-corrected chi connectivity index (χ1v) is 1.29. The van der Waals surface area contributed by atoms with E-state index in [4.69, 9.17) is 11.0 Å². The summed E-state index contributed by atoms with van der Waals surface area (Å²) in [6.45, 7) is 0. The largest absolute Gasteiger partial charge is 0.388 e. The molecule has 0 fully saturated rings. The SMILES string of the molecule is N#CNN=CN. The molecule has 6 heavy (non-hydrogen) atoms. The van der Waals surface area contributed by atoms with Gasteiger partial charge in [0.15, 0.2) is 6.19 Å². The molecule has 0 aliphatic carbocycles. The predicted octanol–water partition coefficient (Wildman–Crippen LogP) is -1.04. The molecule has 4 heteroatoms. The second-order valence-electron chi connectivity index (χ2n) is 0.502. The minimum atomic E-state index is 1.00. The monoisotopic (exact) mass is 84.0 g/mol. The molecule has 0 heterocycles. The van der Waals surface area contributed by atoms with Gasteiger partial charge in [0.2, 0.25) is 0 Å². The normalized spacial score (nSPS) is 7.83. The topological polar surface area (TPSA) is 74.2 Å². The molecule has 0 aromatic heterocycles. The summed E-state index contributed by atoms with van der Waals surface area (Å²) in [5.74, 6) is 0. The smallest absolute Gasteiger partial charge is 0.198 e. The molecule has 0 atom stereocenters. The van der Waals surface area contributed by atoms with Crippen LogP contribution in [-0.2, 0) is 0 Å². The highest BCUT2D eigenvalue weighted by Crippen LogP contribution is 1.40. The van der Waals surface area contributed by atoms with Crippen LogP contribution in [0.2, 0.25) is 0 Å². The van der Waals surface area contributed by atoms with Crippen molar-refractivity contribution in [1.29, 1.82) is 5.26 Å². The second kappa shape index (κ2) is 3.76. The molecule has 0 aromatic rings. The number of nitriles is 1. The van der Waals surface area contributed by atoms with E-state index in [9.17, 15) is 0 Å². The number of nitrogens with zero attached hydrogens (tertiary/aromatic N) is 2. The summed E-state index contributed by atoms with van der Waals surface area (Å²) < 4.78 is 0. The molecule has 0 aliphatic heterocycles. The van der Waals surface area contributed by atoms with E-state index in [1.807, 2.05) is 5.43 Å². The zero-order valence-electron chi connectivity index (χ0n) is 3.05. The number of rotatable bonds is 1. The van der Waals surface area contributed by atoms with Crippen LogP contribution in [-0.4, -0.2) is 6.34 Å². The van der Waals surface area contributed by atoms with E-state index in [1.54, 1.807) is 6.19 Å². The lowest BCUT2D eigenvalue weighted by molar-refractivity contribution is 0.988. The van der Waals surface area contributed by atoms with E-state index in [1.165, 1.54) is 0 Å². The lowest BCUT2D eigenvalue weighted by Crippen LogP contribution is -1.98. The molecule has 0 saturated heterocycles. The predicted molar refractivity (Wildman–Crippen MR) is 21.4 cm³/mol. The molecule has 0 amide bonds. The van der Waals surface area contributed by atoms with E-state index >= 15 is 0 Å². The highest BCUT2D eigenvalue weighted by atomic mass is 15.3. The molecular formula is C2H4N4. The number of hydrogen-bond acceptors (Lipinski definition) is 3. The van der Waals surface area contributed by atoms with Crippen LogP contribution in [0.25, 0.3) is 0 Å². The van der Waals surface area contributed by atoms with Gasteiger partial charge >= 0.3 is 0 Å². The Morgan fingerprint density at radius 2 is 2.67 bits per heavy atom. The van der Waals surface area contributed by atoms with Gasteiger partial charge in [0.05, 0.1) is 0 Å². The quantitative estimate of drug-likeness (QED) is 0.140. The van der Waals surface area contributed by atoms with Gasteiger partial charge in [-0.1, -0.05) is 0 Å². The summed E-state index contributed by atoms with van der Waals surface area (Å²) in [4.78, 5) is 0. The van der Waals surface area contributed by atoms with E-state index in [0.29, 0.717) is 0 Å². The van der Waals surface area contributed by atoms with Crippen LogP contribution in [0.3, 0.4) is 0 Å². The van der Waals surface area contributed by atoms with E-state index in [2.05, 4.69) is 5.10 Å². The molecule has 0 radical (unpaired) electrons. The van der Waals surface area contributed by atoms with Crippen molar-refractivity contribution in [3.8, 4) is 6.19 Å². The summed E-state index contributed by atoms with van der Waals surface area (Å²) >= 11 is 0. The van der Waals surface area contributed by atoms with Gasteiger partial charge in [-0.3, -0.25) is 0 Å². The lowest BCUT2D eigenvalue weighted by Gasteiger charge is -1.72. The van der Waals surface area contributed by atoms with Crippen LogP contribution in [0.5, 0.6) is 0 Å². The van der Waals surface area contributed by atoms with Crippen molar-refractivity contribution in [1.82, 2.24) is 5.43 Å².